The lowest BCUT2D eigenvalue weighted by Gasteiger charge is -2.43. The Morgan fingerprint density at radius 2 is 1.66 bits per heavy atom. The minimum absolute atomic E-state index is 0.0360. The maximum Gasteiger partial charge on any atom is 0.321 e. The number of carbonyl (C=O) groups excluding carboxylic acids is 3. The molecule has 8 heteroatoms. The molecule has 2 saturated heterocycles. The van der Waals surface area contributed by atoms with E-state index in [2.05, 4.69) is 29.4 Å². The molecule has 2 aromatic carbocycles. The van der Waals surface area contributed by atoms with Crippen LogP contribution in [0.1, 0.15) is 45.1 Å². The van der Waals surface area contributed by atoms with E-state index in [9.17, 15) is 14.4 Å². The second-order valence-corrected chi connectivity index (χ2v) is 9.59. The summed E-state index contributed by atoms with van der Waals surface area (Å²) in [6, 6.07) is 17.6. The number of likely N-dealkylation sites (N-methyl/N-ethyl adjacent to an activating group) is 1. The Morgan fingerprint density at radius 1 is 1.00 bits per heavy atom. The van der Waals surface area contributed by atoms with Gasteiger partial charge in [-0.05, 0) is 55.5 Å². The topological polar surface area (TPSA) is 85.0 Å². The van der Waals surface area contributed by atoms with Crippen molar-refractivity contribution in [2.24, 2.45) is 0 Å². The lowest BCUT2D eigenvalue weighted by Crippen LogP contribution is -2.58. The Bertz CT molecular complexity index is 1050. The van der Waals surface area contributed by atoms with Gasteiger partial charge in [0.25, 0.3) is 5.91 Å². The second-order valence-electron chi connectivity index (χ2n) is 9.59. The van der Waals surface area contributed by atoms with E-state index in [0.29, 0.717) is 45.1 Å². The molecule has 2 heterocycles. The number of amides is 4. The van der Waals surface area contributed by atoms with Gasteiger partial charge < -0.3 is 25.3 Å². The molecule has 186 valence electrons. The van der Waals surface area contributed by atoms with E-state index in [0.717, 1.165) is 11.4 Å². The number of nitrogens with one attached hydrogen (secondary N) is 2. The summed E-state index contributed by atoms with van der Waals surface area (Å²) in [6.45, 7) is 7.97. The monoisotopic (exact) mass is 477 g/mol. The van der Waals surface area contributed by atoms with Gasteiger partial charge in [-0.2, -0.15) is 0 Å². The summed E-state index contributed by atoms with van der Waals surface area (Å²) in [5.41, 5.74) is 2.17. The minimum atomic E-state index is -0.760. The molecule has 4 amide bonds. The van der Waals surface area contributed by atoms with Crippen molar-refractivity contribution in [1.82, 2.24) is 15.1 Å². The average Bonchev–Trinajstić information content (AvgIpc) is 3.11. The SMILES string of the molecule is CCNC(=O)CN1CN(c2ccccc2)C2(CCN(C(=O)Nc3ccc(C(C)C)cc3)CC2)C1=O. The first kappa shape index (κ1) is 24.6. The summed E-state index contributed by atoms with van der Waals surface area (Å²) in [5.74, 6) is 0.227. The Hall–Kier alpha value is -3.55. The number of hydrogen-bond acceptors (Lipinski definition) is 4. The molecule has 1 spiro atoms. The van der Waals surface area contributed by atoms with Crippen molar-refractivity contribution >= 4 is 29.2 Å². The zero-order valence-corrected chi connectivity index (χ0v) is 20.8. The van der Waals surface area contributed by atoms with Crippen LogP contribution in [-0.4, -0.2) is 66.0 Å². The fourth-order valence-electron chi connectivity index (χ4n) is 4.98. The summed E-state index contributed by atoms with van der Waals surface area (Å²) >= 11 is 0. The summed E-state index contributed by atoms with van der Waals surface area (Å²) in [6.07, 6.45) is 1.01. The molecule has 35 heavy (non-hydrogen) atoms. The number of rotatable bonds is 6. The van der Waals surface area contributed by atoms with E-state index >= 15 is 0 Å². The highest BCUT2D eigenvalue weighted by molar-refractivity contribution is 5.96. The Labute approximate surface area is 207 Å². The molecule has 0 atom stereocenters. The van der Waals surface area contributed by atoms with Crippen molar-refractivity contribution in [3.63, 3.8) is 0 Å². The van der Waals surface area contributed by atoms with Crippen molar-refractivity contribution in [1.29, 1.82) is 0 Å². The number of benzene rings is 2. The van der Waals surface area contributed by atoms with Crippen LogP contribution in [0.3, 0.4) is 0 Å². The smallest absolute Gasteiger partial charge is 0.321 e. The van der Waals surface area contributed by atoms with Crippen LogP contribution in [0.25, 0.3) is 0 Å². The molecular formula is C27H35N5O3. The third-order valence-corrected chi connectivity index (χ3v) is 7.00. The van der Waals surface area contributed by atoms with Crippen molar-refractivity contribution in [3.8, 4) is 0 Å². The maximum atomic E-state index is 13.6. The van der Waals surface area contributed by atoms with Crippen LogP contribution in [0.15, 0.2) is 54.6 Å². The highest BCUT2D eigenvalue weighted by Gasteiger charge is 2.54. The number of hydrogen-bond donors (Lipinski definition) is 2. The lowest BCUT2D eigenvalue weighted by molar-refractivity contribution is -0.137. The highest BCUT2D eigenvalue weighted by atomic mass is 16.2. The molecule has 8 nitrogen and oxygen atoms in total. The van der Waals surface area contributed by atoms with Gasteiger partial charge >= 0.3 is 6.03 Å². The van der Waals surface area contributed by atoms with Crippen molar-refractivity contribution < 1.29 is 14.4 Å². The van der Waals surface area contributed by atoms with Gasteiger partial charge in [-0.15, -0.1) is 0 Å². The first-order chi connectivity index (χ1) is 16.8. The van der Waals surface area contributed by atoms with E-state index < -0.39 is 5.54 Å². The summed E-state index contributed by atoms with van der Waals surface area (Å²) in [4.78, 5) is 44.4. The predicted octanol–water partition coefficient (Wildman–Crippen LogP) is 3.62. The van der Waals surface area contributed by atoms with Crippen LogP contribution in [0.5, 0.6) is 0 Å². The standard InChI is InChI=1S/C27H35N5O3/c1-4-28-24(33)18-31-19-32(23-8-6-5-7-9-23)27(25(31)34)14-16-30(17-15-27)26(35)29-22-12-10-21(11-13-22)20(2)3/h5-13,20H,4,14-19H2,1-3H3,(H,28,33)(H,29,35). The number of urea groups is 1. The minimum Gasteiger partial charge on any atom is -0.355 e. The van der Waals surface area contributed by atoms with Gasteiger partial charge in [0.15, 0.2) is 0 Å². The first-order valence-corrected chi connectivity index (χ1v) is 12.4. The lowest BCUT2D eigenvalue weighted by atomic mass is 9.85. The Balaban J connectivity index is 1.47. The summed E-state index contributed by atoms with van der Waals surface area (Å²) < 4.78 is 0. The number of para-hydroxylation sites is 1. The predicted molar refractivity (Wildman–Crippen MR) is 137 cm³/mol. The average molecular weight is 478 g/mol. The molecule has 0 unspecified atom stereocenters. The van der Waals surface area contributed by atoms with Gasteiger partial charge in [0.05, 0.1) is 6.67 Å². The molecule has 0 aromatic heterocycles. The van der Waals surface area contributed by atoms with Gasteiger partial charge in [0.2, 0.25) is 5.91 Å². The van der Waals surface area contributed by atoms with Crippen LogP contribution in [0, 0.1) is 0 Å². The largest absolute Gasteiger partial charge is 0.355 e. The number of nitrogens with zero attached hydrogens (tertiary/aromatic N) is 3. The molecule has 0 radical (unpaired) electrons. The first-order valence-electron chi connectivity index (χ1n) is 12.4. The molecule has 2 aliphatic heterocycles. The number of anilines is 2. The normalized spacial score (nSPS) is 17.3. The maximum absolute atomic E-state index is 13.6. The van der Waals surface area contributed by atoms with E-state index in [-0.39, 0.29) is 24.4 Å². The Kier molecular flexibility index (Phi) is 7.28. The fraction of sp³-hybridized carbons (Fsp3) is 0.444. The highest BCUT2D eigenvalue weighted by Crippen LogP contribution is 2.39. The van der Waals surface area contributed by atoms with Gasteiger partial charge in [-0.1, -0.05) is 44.2 Å². The van der Waals surface area contributed by atoms with E-state index in [4.69, 9.17) is 0 Å². The van der Waals surface area contributed by atoms with E-state index in [1.54, 1.807) is 9.80 Å². The molecule has 2 fully saturated rings. The fourth-order valence-corrected chi connectivity index (χ4v) is 4.98. The van der Waals surface area contributed by atoms with Gasteiger partial charge in [-0.3, -0.25) is 9.59 Å². The molecule has 0 aliphatic carbocycles. The summed E-state index contributed by atoms with van der Waals surface area (Å²) in [5, 5.41) is 5.77. The van der Waals surface area contributed by atoms with Crippen molar-refractivity contribution in [3.05, 3.63) is 60.2 Å². The molecule has 0 saturated carbocycles. The van der Waals surface area contributed by atoms with Gasteiger partial charge in [0, 0.05) is 31.0 Å². The molecule has 2 N–H and O–H groups in total. The molecule has 4 rings (SSSR count). The second kappa shape index (κ2) is 10.4. The van der Waals surface area contributed by atoms with Crippen LogP contribution in [0.2, 0.25) is 0 Å². The third-order valence-electron chi connectivity index (χ3n) is 7.00. The quantitative estimate of drug-likeness (QED) is 0.666. The van der Waals surface area contributed by atoms with Crippen LogP contribution >= 0.6 is 0 Å². The molecule has 2 aromatic rings. The zero-order chi connectivity index (χ0) is 25.0. The van der Waals surface area contributed by atoms with Crippen LogP contribution < -0.4 is 15.5 Å². The molecular weight excluding hydrogens is 442 g/mol. The van der Waals surface area contributed by atoms with E-state index in [1.165, 1.54) is 5.56 Å². The van der Waals surface area contributed by atoms with Gasteiger partial charge in [-0.25, -0.2) is 4.79 Å². The summed E-state index contributed by atoms with van der Waals surface area (Å²) in [7, 11) is 0. The number of piperidine rings is 1. The Morgan fingerprint density at radius 3 is 2.26 bits per heavy atom. The molecule has 0 bridgehead atoms. The van der Waals surface area contributed by atoms with Gasteiger partial charge in [0.1, 0.15) is 12.1 Å². The zero-order valence-electron chi connectivity index (χ0n) is 20.8. The third kappa shape index (κ3) is 5.11. The number of carbonyl (C=O) groups is 3. The number of likely N-dealkylation sites (tertiary alicyclic amines) is 1. The van der Waals surface area contributed by atoms with Crippen molar-refractivity contribution in [2.75, 3.05) is 43.1 Å². The van der Waals surface area contributed by atoms with E-state index in [1.807, 2.05) is 61.5 Å². The van der Waals surface area contributed by atoms with Crippen molar-refractivity contribution in [2.45, 2.75) is 45.1 Å². The van der Waals surface area contributed by atoms with Crippen LogP contribution in [-0.2, 0) is 9.59 Å². The molecule has 2 aliphatic rings. The van der Waals surface area contributed by atoms with Crippen LogP contribution in [0.4, 0.5) is 16.2 Å².